The molecule has 0 amide bonds. The summed E-state index contributed by atoms with van der Waals surface area (Å²) in [6.45, 7) is 14.7. The van der Waals surface area contributed by atoms with Crippen LogP contribution in [0.5, 0.6) is 0 Å². The van der Waals surface area contributed by atoms with Crippen molar-refractivity contribution in [1.82, 2.24) is 9.80 Å². The van der Waals surface area contributed by atoms with Crippen molar-refractivity contribution in [3.63, 3.8) is 0 Å². The van der Waals surface area contributed by atoms with Crippen LogP contribution in [0.1, 0.15) is 13.8 Å². The summed E-state index contributed by atoms with van der Waals surface area (Å²) in [6, 6.07) is 0.633. The average Bonchev–Trinajstić information content (AvgIpc) is 2.15. The van der Waals surface area contributed by atoms with Gasteiger partial charge < -0.3 is 4.74 Å². The van der Waals surface area contributed by atoms with Crippen molar-refractivity contribution >= 4 is 0 Å². The van der Waals surface area contributed by atoms with Crippen LogP contribution in [-0.2, 0) is 4.74 Å². The monoisotopic (exact) mass is 212 g/mol. The van der Waals surface area contributed by atoms with Crippen LogP contribution in [0.4, 0.5) is 0 Å². The second-order valence-corrected chi connectivity index (χ2v) is 4.57. The summed E-state index contributed by atoms with van der Waals surface area (Å²) in [7, 11) is 1.77. The van der Waals surface area contributed by atoms with Crippen LogP contribution in [0.15, 0.2) is 12.2 Å². The van der Waals surface area contributed by atoms with Crippen LogP contribution < -0.4 is 0 Å². The lowest BCUT2D eigenvalue weighted by Gasteiger charge is -2.39. The second-order valence-electron chi connectivity index (χ2n) is 4.57. The van der Waals surface area contributed by atoms with Gasteiger partial charge in [-0.15, -0.1) is 0 Å². The van der Waals surface area contributed by atoms with Crippen molar-refractivity contribution in [2.45, 2.75) is 19.9 Å². The third-order valence-electron chi connectivity index (χ3n) is 2.93. The largest absolute Gasteiger partial charge is 0.383 e. The fourth-order valence-corrected chi connectivity index (χ4v) is 2.14. The fourth-order valence-electron chi connectivity index (χ4n) is 2.14. The Hall–Kier alpha value is -0.380. The summed E-state index contributed by atoms with van der Waals surface area (Å²) in [5.41, 5.74) is 1.26. The first-order chi connectivity index (χ1) is 7.13. The summed E-state index contributed by atoms with van der Waals surface area (Å²) < 4.78 is 5.11. The van der Waals surface area contributed by atoms with E-state index in [1.54, 1.807) is 7.11 Å². The predicted octanol–water partition coefficient (Wildman–Crippen LogP) is 1.21. The van der Waals surface area contributed by atoms with Gasteiger partial charge >= 0.3 is 0 Å². The van der Waals surface area contributed by atoms with E-state index in [0.717, 1.165) is 39.3 Å². The molecule has 0 saturated carbocycles. The second kappa shape index (κ2) is 6.26. The van der Waals surface area contributed by atoms with Gasteiger partial charge in [-0.2, -0.15) is 0 Å². The fraction of sp³-hybridized carbons (Fsp3) is 0.833. The van der Waals surface area contributed by atoms with Gasteiger partial charge in [0.25, 0.3) is 0 Å². The van der Waals surface area contributed by atoms with Crippen LogP contribution >= 0.6 is 0 Å². The molecule has 0 aromatic carbocycles. The molecule has 1 aliphatic heterocycles. The molecule has 0 bridgehead atoms. The zero-order valence-corrected chi connectivity index (χ0v) is 10.3. The number of piperazine rings is 1. The molecule has 0 spiro atoms. The van der Waals surface area contributed by atoms with E-state index in [2.05, 4.69) is 30.2 Å². The van der Waals surface area contributed by atoms with Crippen molar-refractivity contribution in [3.8, 4) is 0 Å². The first-order valence-electron chi connectivity index (χ1n) is 5.73. The van der Waals surface area contributed by atoms with Gasteiger partial charge in [-0.3, -0.25) is 9.80 Å². The molecule has 88 valence electrons. The smallest absolute Gasteiger partial charge is 0.0589 e. The summed E-state index contributed by atoms with van der Waals surface area (Å²) in [5.74, 6) is 0. The van der Waals surface area contributed by atoms with Gasteiger partial charge in [0.15, 0.2) is 0 Å². The van der Waals surface area contributed by atoms with Crippen molar-refractivity contribution in [2.75, 3.05) is 46.4 Å². The molecule has 0 radical (unpaired) electrons. The molecule has 1 unspecified atom stereocenters. The van der Waals surface area contributed by atoms with Crippen molar-refractivity contribution < 1.29 is 4.74 Å². The molecule has 0 aliphatic carbocycles. The normalized spacial score (nSPS) is 24.3. The average molecular weight is 212 g/mol. The number of rotatable bonds is 5. The van der Waals surface area contributed by atoms with Crippen molar-refractivity contribution in [1.29, 1.82) is 0 Å². The Kier molecular flexibility index (Phi) is 5.29. The van der Waals surface area contributed by atoms with Gasteiger partial charge in [-0.1, -0.05) is 12.2 Å². The van der Waals surface area contributed by atoms with Crippen LogP contribution in [-0.4, -0.2) is 62.3 Å². The maximum atomic E-state index is 5.11. The first-order valence-corrected chi connectivity index (χ1v) is 5.73. The van der Waals surface area contributed by atoms with Gasteiger partial charge in [0, 0.05) is 45.9 Å². The highest BCUT2D eigenvalue weighted by Gasteiger charge is 2.22. The molecule has 0 aromatic heterocycles. The van der Waals surface area contributed by atoms with Gasteiger partial charge in [0.1, 0.15) is 0 Å². The topological polar surface area (TPSA) is 15.7 Å². The summed E-state index contributed by atoms with van der Waals surface area (Å²) in [5, 5.41) is 0. The van der Waals surface area contributed by atoms with Crippen LogP contribution in [0.25, 0.3) is 0 Å². The zero-order chi connectivity index (χ0) is 11.3. The Morgan fingerprint density at radius 3 is 2.73 bits per heavy atom. The maximum Gasteiger partial charge on any atom is 0.0589 e. The zero-order valence-electron chi connectivity index (χ0n) is 10.3. The molecule has 3 heteroatoms. The van der Waals surface area contributed by atoms with E-state index >= 15 is 0 Å². The SMILES string of the molecule is C=C(C)CN1CCN(CCOC)C(C)C1. The van der Waals surface area contributed by atoms with Crippen molar-refractivity contribution in [3.05, 3.63) is 12.2 Å². The van der Waals surface area contributed by atoms with E-state index in [0.29, 0.717) is 6.04 Å². The van der Waals surface area contributed by atoms with Gasteiger partial charge in [-0.05, 0) is 13.8 Å². The van der Waals surface area contributed by atoms with Gasteiger partial charge in [-0.25, -0.2) is 0 Å². The highest BCUT2D eigenvalue weighted by Crippen LogP contribution is 2.10. The minimum Gasteiger partial charge on any atom is -0.383 e. The molecule has 3 nitrogen and oxygen atoms in total. The molecule has 1 rings (SSSR count). The van der Waals surface area contributed by atoms with Crippen LogP contribution in [0.3, 0.4) is 0 Å². The number of nitrogens with zero attached hydrogens (tertiary/aromatic N) is 2. The molecule has 1 fully saturated rings. The third kappa shape index (κ3) is 4.33. The Morgan fingerprint density at radius 1 is 1.47 bits per heavy atom. The molecule has 1 saturated heterocycles. The summed E-state index contributed by atoms with van der Waals surface area (Å²) >= 11 is 0. The minimum absolute atomic E-state index is 0.633. The van der Waals surface area contributed by atoms with Crippen LogP contribution in [0.2, 0.25) is 0 Å². The molecular formula is C12H24N2O. The van der Waals surface area contributed by atoms with Gasteiger partial charge in [0.05, 0.1) is 6.61 Å². The van der Waals surface area contributed by atoms with Crippen molar-refractivity contribution in [2.24, 2.45) is 0 Å². The number of methoxy groups -OCH3 is 1. The number of ether oxygens (including phenoxy) is 1. The predicted molar refractivity (Wildman–Crippen MR) is 64.2 cm³/mol. The Labute approximate surface area is 93.7 Å². The Balaban J connectivity index is 2.30. The van der Waals surface area contributed by atoms with E-state index in [4.69, 9.17) is 4.74 Å². The molecule has 1 aliphatic rings. The Bertz CT molecular complexity index is 206. The van der Waals surface area contributed by atoms with E-state index in [1.165, 1.54) is 5.57 Å². The summed E-state index contributed by atoms with van der Waals surface area (Å²) in [4.78, 5) is 4.98. The highest BCUT2D eigenvalue weighted by molar-refractivity contribution is 4.94. The van der Waals surface area contributed by atoms with E-state index in [1.807, 2.05) is 0 Å². The lowest BCUT2D eigenvalue weighted by atomic mass is 10.1. The highest BCUT2D eigenvalue weighted by atomic mass is 16.5. The maximum absolute atomic E-state index is 5.11. The van der Waals surface area contributed by atoms with E-state index in [9.17, 15) is 0 Å². The molecule has 15 heavy (non-hydrogen) atoms. The number of hydrogen-bond donors (Lipinski definition) is 0. The first kappa shape index (κ1) is 12.7. The third-order valence-corrected chi connectivity index (χ3v) is 2.93. The molecule has 0 aromatic rings. The quantitative estimate of drug-likeness (QED) is 0.637. The van der Waals surface area contributed by atoms with Gasteiger partial charge in [0.2, 0.25) is 0 Å². The standard InChI is InChI=1S/C12H24N2O/c1-11(2)9-13-5-6-14(7-8-15-4)12(3)10-13/h12H,1,5-10H2,2-4H3. The number of hydrogen-bond acceptors (Lipinski definition) is 3. The lowest BCUT2D eigenvalue weighted by Crippen LogP contribution is -2.52. The minimum atomic E-state index is 0.633. The molecule has 1 heterocycles. The molecule has 0 N–H and O–H groups in total. The lowest BCUT2D eigenvalue weighted by molar-refractivity contribution is 0.0631. The van der Waals surface area contributed by atoms with E-state index in [-0.39, 0.29) is 0 Å². The van der Waals surface area contributed by atoms with E-state index < -0.39 is 0 Å². The molecular weight excluding hydrogens is 188 g/mol. The van der Waals surface area contributed by atoms with Crippen LogP contribution in [0, 0.1) is 0 Å². The molecule has 1 atom stereocenters. The summed E-state index contributed by atoms with van der Waals surface area (Å²) in [6.07, 6.45) is 0. The Morgan fingerprint density at radius 2 is 2.20 bits per heavy atom.